The molecule has 1 amide bonds. The fourth-order valence-corrected chi connectivity index (χ4v) is 3.09. The molecule has 0 spiro atoms. The second kappa shape index (κ2) is 6.26. The number of Topliss-reactive ketones (excluding diaryl/α,β-unsaturated/α-hetero) is 2. The Morgan fingerprint density at radius 2 is 1.40 bits per heavy atom. The number of fused-ring (bicyclic) bond motifs is 1. The summed E-state index contributed by atoms with van der Waals surface area (Å²) in [7, 11) is 0. The second-order valence-electron chi connectivity index (χ2n) is 6.58. The third kappa shape index (κ3) is 2.57. The Kier molecular flexibility index (Phi) is 4.27. The van der Waals surface area contributed by atoms with Crippen molar-refractivity contribution in [2.75, 3.05) is 0 Å². The molecule has 3 rings (SSSR count). The minimum absolute atomic E-state index is 0.123. The number of ketones is 2. The van der Waals surface area contributed by atoms with E-state index >= 15 is 0 Å². The lowest BCUT2D eigenvalue weighted by Gasteiger charge is -2.30. The first-order valence-electron chi connectivity index (χ1n) is 8.21. The van der Waals surface area contributed by atoms with Gasteiger partial charge in [0, 0.05) is 11.1 Å². The Morgan fingerprint density at radius 3 is 1.88 bits per heavy atom. The van der Waals surface area contributed by atoms with Gasteiger partial charge in [-0.15, -0.1) is 0 Å². The van der Waals surface area contributed by atoms with Gasteiger partial charge in [0.1, 0.15) is 0 Å². The van der Waals surface area contributed by atoms with Crippen LogP contribution in [0.2, 0.25) is 0 Å². The van der Waals surface area contributed by atoms with Crippen LogP contribution < -0.4 is 11.1 Å². The lowest BCUT2D eigenvalue weighted by atomic mass is 9.84. The van der Waals surface area contributed by atoms with E-state index in [4.69, 9.17) is 5.73 Å². The Labute approximate surface area is 146 Å². The lowest BCUT2D eigenvalue weighted by Crippen LogP contribution is -2.58. The molecule has 128 valence electrons. The zero-order valence-corrected chi connectivity index (χ0v) is 14.2. The molecule has 5 nitrogen and oxygen atoms in total. The van der Waals surface area contributed by atoms with Crippen LogP contribution in [0, 0.1) is 5.92 Å². The van der Waals surface area contributed by atoms with Crippen molar-refractivity contribution in [3.8, 4) is 0 Å². The Bertz CT molecular complexity index is 808. The van der Waals surface area contributed by atoms with Crippen LogP contribution >= 0.6 is 0 Å². The highest BCUT2D eigenvalue weighted by Crippen LogP contribution is 2.37. The van der Waals surface area contributed by atoms with Gasteiger partial charge in [0.15, 0.2) is 5.54 Å². The third-order valence-corrected chi connectivity index (χ3v) is 4.64. The zero-order chi connectivity index (χ0) is 18.2. The average Bonchev–Trinajstić information content (AvgIpc) is 2.84. The summed E-state index contributed by atoms with van der Waals surface area (Å²) in [5.41, 5.74) is 5.25. The topological polar surface area (TPSA) is 89.3 Å². The quantitative estimate of drug-likeness (QED) is 0.837. The lowest BCUT2D eigenvalue weighted by molar-refractivity contribution is -0.124. The smallest absolute Gasteiger partial charge is 0.238 e. The maximum atomic E-state index is 13.2. The third-order valence-electron chi connectivity index (χ3n) is 4.64. The molecule has 1 aliphatic rings. The van der Waals surface area contributed by atoms with Gasteiger partial charge in [-0.2, -0.15) is 0 Å². The molecule has 0 saturated carbocycles. The molecule has 0 heterocycles. The minimum atomic E-state index is -1.76. The van der Waals surface area contributed by atoms with Crippen LogP contribution in [0.1, 0.15) is 40.1 Å². The van der Waals surface area contributed by atoms with Crippen LogP contribution in [0.15, 0.2) is 54.6 Å². The van der Waals surface area contributed by atoms with Gasteiger partial charge < -0.3 is 11.1 Å². The summed E-state index contributed by atoms with van der Waals surface area (Å²) in [4.78, 5) is 39.0. The van der Waals surface area contributed by atoms with Crippen molar-refractivity contribution < 1.29 is 14.4 Å². The molecule has 2 aromatic rings. The molecule has 25 heavy (non-hydrogen) atoms. The number of rotatable bonds is 4. The fraction of sp³-hybridized carbons (Fsp3) is 0.250. The standard InChI is InChI=1S/C20H20N2O3/c1-12(2)16(21)19(25)22-20(13-8-4-3-5-9-13)17(23)14-10-6-7-11-15(14)18(20)24/h3-12,16H,21H2,1-2H3,(H,22,25)/t16-/m0/s1. The van der Waals surface area contributed by atoms with Crippen molar-refractivity contribution in [3.05, 3.63) is 71.3 Å². The molecule has 0 radical (unpaired) electrons. The molecule has 0 unspecified atom stereocenters. The highest BCUT2D eigenvalue weighted by molar-refractivity contribution is 6.33. The van der Waals surface area contributed by atoms with E-state index in [1.807, 2.05) is 13.8 Å². The van der Waals surface area contributed by atoms with Gasteiger partial charge in [0.2, 0.25) is 17.5 Å². The van der Waals surface area contributed by atoms with Crippen molar-refractivity contribution in [1.29, 1.82) is 0 Å². The summed E-state index contributed by atoms with van der Waals surface area (Å²) in [6.45, 7) is 3.62. The van der Waals surface area contributed by atoms with Gasteiger partial charge in [-0.05, 0) is 11.5 Å². The Morgan fingerprint density at radius 1 is 0.920 bits per heavy atom. The first kappa shape index (κ1) is 17.0. The van der Waals surface area contributed by atoms with Crippen molar-refractivity contribution in [2.45, 2.75) is 25.4 Å². The van der Waals surface area contributed by atoms with E-state index in [9.17, 15) is 14.4 Å². The largest absolute Gasteiger partial charge is 0.332 e. The summed E-state index contributed by atoms with van der Waals surface area (Å²) >= 11 is 0. The van der Waals surface area contributed by atoms with E-state index in [0.29, 0.717) is 16.7 Å². The van der Waals surface area contributed by atoms with Crippen LogP contribution in [0.25, 0.3) is 0 Å². The second-order valence-corrected chi connectivity index (χ2v) is 6.58. The maximum Gasteiger partial charge on any atom is 0.238 e. The van der Waals surface area contributed by atoms with Crippen molar-refractivity contribution in [2.24, 2.45) is 11.7 Å². The Hall–Kier alpha value is -2.79. The number of nitrogens with two attached hydrogens (primary N) is 1. The first-order chi connectivity index (χ1) is 11.9. The number of benzene rings is 2. The van der Waals surface area contributed by atoms with E-state index in [1.54, 1.807) is 54.6 Å². The summed E-state index contributed by atoms with van der Waals surface area (Å²) < 4.78 is 0. The first-order valence-corrected chi connectivity index (χ1v) is 8.21. The van der Waals surface area contributed by atoms with Crippen LogP contribution in [0.5, 0.6) is 0 Å². The van der Waals surface area contributed by atoms with E-state index in [0.717, 1.165) is 0 Å². The Balaban J connectivity index is 2.15. The number of hydrogen-bond donors (Lipinski definition) is 2. The summed E-state index contributed by atoms with van der Waals surface area (Å²) in [6.07, 6.45) is 0. The van der Waals surface area contributed by atoms with Crippen molar-refractivity contribution in [3.63, 3.8) is 0 Å². The van der Waals surface area contributed by atoms with E-state index in [2.05, 4.69) is 5.32 Å². The zero-order valence-electron chi connectivity index (χ0n) is 14.2. The molecule has 5 heteroatoms. The SMILES string of the molecule is CC(C)[C@H](N)C(=O)NC1(c2ccccc2)C(=O)c2ccccc2C1=O. The summed E-state index contributed by atoms with van der Waals surface area (Å²) in [5.74, 6) is -1.50. The molecule has 0 fully saturated rings. The van der Waals surface area contributed by atoms with Crippen LogP contribution in [-0.4, -0.2) is 23.5 Å². The van der Waals surface area contributed by atoms with Gasteiger partial charge in [-0.3, -0.25) is 14.4 Å². The number of carbonyl (C=O) groups is 3. The normalized spacial score (nSPS) is 16.6. The van der Waals surface area contributed by atoms with Crippen LogP contribution in [-0.2, 0) is 10.3 Å². The molecular weight excluding hydrogens is 316 g/mol. The predicted molar refractivity (Wildman–Crippen MR) is 94.2 cm³/mol. The van der Waals surface area contributed by atoms with E-state index < -0.39 is 29.1 Å². The molecule has 0 saturated heterocycles. The highest BCUT2D eigenvalue weighted by atomic mass is 16.2. The average molecular weight is 336 g/mol. The summed E-state index contributed by atoms with van der Waals surface area (Å²) in [6, 6.07) is 14.4. The minimum Gasteiger partial charge on any atom is -0.332 e. The van der Waals surface area contributed by atoms with Gasteiger partial charge in [0.25, 0.3) is 0 Å². The van der Waals surface area contributed by atoms with Crippen LogP contribution in [0.3, 0.4) is 0 Å². The fourth-order valence-electron chi connectivity index (χ4n) is 3.09. The number of hydrogen-bond acceptors (Lipinski definition) is 4. The molecule has 3 N–H and O–H groups in total. The molecule has 2 aromatic carbocycles. The van der Waals surface area contributed by atoms with Gasteiger partial charge >= 0.3 is 0 Å². The number of nitrogens with one attached hydrogen (secondary N) is 1. The predicted octanol–water partition coefficient (Wildman–Crippen LogP) is 2.06. The molecule has 0 aliphatic heterocycles. The number of amides is 1. The van der Waals surface area contributed by atoms with Gasteiger partial charge in [-0.1, -0.05) is 68.4 Å². The van der Waals surface area contributed by atoms with Gasteiger partial charge in [-0.25, -0.2) is 0 Å². The molecule has 0 aromatic heterocycles. The number of carbonyl (C=O) groups excluding carboxylic acids is 3. The van der Waals surface area contributed by atoms with Crippen molar-refractivity contribution in [1.82, 2.24) is 5.32 Å². The molecule has 1 aliphatic carbocycles. The van der Waals surface area contributed by atoms with E-state index in [-0.39, 0.29) is 5.92 Å². The van der Waals surface area contributed by atoms with Gasteiger partial charge in [0.05, 0.1) is 6.04 Å². The van der Waals surface area contributed by atoms with Crippen LogP contribution in [0.4, 0.5) is 0 Å². The molecule has 1 atom stereocenters. The van der Waals surface area contributed by atoms with Crippen molar-refractivity contribution >= 4 is 17.5 Å². The summed E-state index contributed by atoms with van der Waals surface area (Å²) in [5, 5.41) is 2.67. The molecular formula is C20H20N2O3. The maximum absolute atomic E-state index is 13.2. The monoisotopic (exact) mass is 336 g/mol. The molecule has 0 bridgehead atoms. The highest BCUT2D eigenvalue weighted by Gasteiger charge is 2.55. The van der Waals surface area contributed by atoms with E-state index in [1.165, 1.54) is 0 Å².